The van der Waals surface area contributed by atoms with Gasteiger partial charge in [-0.25, -0.2) is 0 Å². The van der Waals surface area contributed by atoms with Crippen LogP contribution >= 0.6 is 0 Å². The molecule has 1 atom stereocenters. The minimum Gasteiger partial charge on any atom is -0.481 e. The predicted molar refractivity (Wildman–Crippen MR) is 88.4 cm³/mol. The largest absolute Gasteiger partial charge is 0.481 e. The van der Waals surface area contributed by atoms with E-state index in [1.807, 2.05) is 36.5 Å². The molecule has 3 nitrogen and oxygen atoms in total. The fourth-order valence-electron chi connectivity index (χ4n) is 2.34. The lowest BCUT2D eigenvalue weighted by Crippen LogP contribution is -2.08. The number of aliphatic carboxylic acids is 1. The topological polar surface area (TPSA) is 50.2 Å². The monoisotopic (exact) mass is 295 g/mol. The number of carboxylic acids is 1. The summed E-state index contributed by atoms with van der Waals surface area (Å²) in [7, 11) is 0. The molecule has 0 spiro atoms. The van der Waals surface area contributed by atoms with Gasteiger partial charge in [-0.05, 0) is 36.5 Å². The molecule has 1 N–H and O–H groups in total. The quantitative estimate of drug-likeness (QED) is 0.770. The van der Waals surface area contributed by atoms with Gasteiger partial charge in [0.2, 0.25) is 0 Å². The molecule has 0 bridgehead atoms. The highest BCUT2D eigenvalue weighted by Crippen LogP contribution is 2.24. The van der Waals surface area contributed by atoms with Crippen LogP contribution in [0.25, 0.3) is 5.57 Å². The van der Waals surface area contributed by atoms with Crippen molar-refractivity contribution in [3.8, 4) is 0 Å². The maximum atomic E-state index is 10.8. The molecular formula is C19H21NO2. The Morgan fingerprint density at radius 1 is 1.18 bits per heavy atom. The number of unbranched alkanes of at least 4 members (excludes halogenated alkanes) is 1. The molecule has 0 radical (unpaired) electrons. The van der Waals surface area contributed by atoms with Crippen LogP contribution in [0.3, 0.4) is 0 Å². The van der Waals surface area contributed by atoms with E-state index in [0.717, 1.165) is 29.5 Å². The number of benzene rings is 1. The molecule has 0 amide bonds. The smallest absolute Gasteiger partial charge is 0.306 e. The zero-order valence-electron chi connectivity index (χ0n) is 12.8. The predicted octanol–water partition coefficient (Wildman–Crippen LogP) is 4.40. The van der Waals surface area contributed by atoms with Gasteiger partial charge in [0.1, 0.15) is 0 Å². The fourth-order valence-corrected chi connectivity index (χ4v) is 2.34. The highest BCUT2D eigenvalue weighted by molar-refractivity contribution is 5.79. The van der Waals surface area contributed by atoms with E-state index < -0.39 is 5.97 Å². The zero-order valence-corrected chi connectivity index (χ0v) is 12.8. The van der Waals surface area contributed by atoms with E-state index in [-0.39, 0.29) is 5.92 Å². The van der Waals surface area contributed by atoms with Gasteiger partial charge in [-0.1, -0.05) is 49.4 Å². The molecule has 1 aromatic heterocycles. The third-order valence-corrected chi connectivity index (χ3v) is 3.67. The lowest BCUT2D eigenvalue weighted by atomic mass is 9.96. The first-order valence-electron chi connectivity index (χ1n) is 7.57. The van der Waals surface area contributed by atoms with Crippen molar-refractivity contribution in [3.05, 3.63) is 72.1 Å². The van der Waals surface area contributed by atoms with Crippen LogP contribution in [0.1, 0.15) is 37.3 Å². The second-order valence-electron chi connectivity index (χ2n) is 5.40. The van der Waals surface area contributed by atoms with Crippen LogP contribution in [-0.4, -0.2) is 16.1 Å². The number of pyridine rings is 1. The van der Waals surface area contributed by atoms with Crippen LogP contribution in [-0.2, 0) is 4.79 Å². The summed E-state index contributed by atoms with van der Waals surface area (Å²) in [5.41, 5.74) is 3.39. The molecule has 1 heterocycles. The first-order valence-corrected chi connectivity index (χ1v) is 7.57. The highest BCUT2D eigenvalue weighted by Gasteiger charge is 2.10. The number of hydrogen-bond acceptors (Lipinski definition) is 2. The van der Waals surface area contributed by atoms with Crippen molar-refractivity contribution in [1.82, 2.24) is 4.98 Å². The van der Waals surface area contributed by atoms with Crippen molar-refractivity contribution in [2.75, 3.05) is 0 Å². The number of carboxylic acid groups (broad SMARTS) is 1. The van der Waals surface area contributed by atoms with Gasteiger partial charge in [0.05, 0.1) is 5.92 Å². The number of nitrogens with zero attached hydrogens (tertiary/aromatic N) is 1. The average molecular weight is 295 g/mol. The number of carbonyl (C=O) groups is 1. The van der Waals surface area contributed by atoms with Crippen LogP contribution in [0.15, 0.2) is 60.9 Å². The zero-order chi connectivity index (χ0) is 15.8. The van der Waals surface area contributed by atoms with Crippen LogP contribution in [0.2, 0.25) is 0 Å². The van der Waals surface area contributed by atoms with Gasteiger partial charge < -0.3 is 5.11 Å². The van der Waals surface area contributed by atoms with Crippen molar-refractivity contribution in [1.29, 1.82) is 0 Å². The molecule has 0 aliphatic rings. The van der Waals surface area contributed by atoms with E-state index in [2.05, 4.69) is 23.2 Å². The Kier molecular flexibility index (Phi) is 5.90. The molecular weight excluding hydrogens is 274 g/mol. The van der Waals surface area contributed by atoms with Gasteiger partial charge in [-0.2, -0.15) is 0 Å². The Morgan fingerprint density at radius 2 is 1.91 bits per heavy atom. The van der Waals surface area contributed by atoms with Crippen LogP contribution in [0.5, 0.6) is 0 Å². The summed E-state index contributed by atoms with van der Waals surface area (Å²) >= 11 is 0. The van der Waals surface area contributed by atoms with E-state index in [4.69, 9.17) is 5.11 Å². The van der Waals surface area contributed by atoms with Crippen molar-refractivity contribution < 1.29 is 9.90 Å². The average Bonchev–Trinajstić information content (AvgIpc) is 2.56. The molecule has 2 rings (SSSR count). The van der Waals surface area contributed by atoms with E-state index in [1.54, 1.807) is 13.1 Å². The van der Waals surface area contributed by atoms with Gasteiger partial charge in [0.25, 0.3) is 0 Å². The summed E-state index contributed by atoms with van der Waals surface area (Å²) in [6, 6.07) is 14.2. The number of aromatic nitrogens is 1. The Morgan fingerprint density at radius 3 is 2.55 bits per heavy atom. The number of rotatable bonds is 7. The van der Waals surface area contributed by atoms with Gasteiger partial charge >= 0.3 is 5.97 Å². The van der Waals surface area contributed by atoms with Crippen molar-refractivity contribution in [2.24, 2.45) is 5.92 Å². The molecule has 114 valence electrons. The Bertz CT molecular complexity index is 579. The SMILES string of the molecule is CC(CCCC=C(c1ccccc1)c1cccnc1)C(=O)O. The molecule has 2 aromatic rings. The fraction of sp³-hybridized carbons (Fsp3) is 0.263. The molecule has 0 saturated heterocycles. The van der Waals surface area contributed by atoms with E-state index in [1.165, 1.54) is 0 Å². The van der Waals surface area contributed by atoms with Crippen molar-refractivity contribution >= 4 is 11.5 Å². The molecule has 0 aliphatic carbocycles. The van der Waals surface area contributed by atoms with Gasteiger partial charge in [-0.15, -0.1) is 0 Å². The molecule has 0 aliphatic heterocycles. The van der Waals surface area contributed by atoms with Crippen LogP contribution < -0.4 is 0 Å². The molecule has 0 saturated carbocycles. The van der Waals surface area contributed by atoms with Crippen LogP contribution in [0, 0.1) is 5.92 Å². The second kappa shape index (κ2) is 8.13. The number of allylic oxidation sites excluding steroid dienone is 1. The highest BCUT2D eigenvalue weighted by atomic mass is 16.4. The summed E-state index contributed by atoms with van der Waals surface area (Å²) in [5, 5.41) is 8.92. The molecule has 1 aromatic carbocycles. The van der Waals surface area contributed by atoms with E-state index in [0.29, 0.717) is 6.42 Å². The summed E-state index contributed by atoms with van der Waals surface area (Å²) in [6.45, 7) is 1.76. The maximum absolute atomic E-state index is 10.8. The second-order valence-corrected chi connectivity index (χ2v) is 5.40. The van der Waals surface area contributed by atoms with Gasteiger partial charge in [0.15, 0.2) is 0 Å². The Hall–Kier alpha value is -2.42. The van der Waals surface area contributed by atoms with Gasteiger partial charge in [-0.3, -0.25) is 9.78 Å². The van der Waals surface area contributed by atoms with E-state index in [9.17, 15) is 4.79 Å². The first-order chi connectivity index (χ1) is 10.7. The summed E-state index contributed by atoms with van der Waals surface area (Å²) in [6.07, 6.45) is 8.22. The minimum atomic E-state index is -0.723. The Labute approximate surface area is 131 Å². The lowest BCUT2D eigenvalue weighted by molar-refractivity contribution is -0.141. The van der Waals surface area contributed by atoms with Gasteiger partial charge in [0, 0.05) is 18.0 Å². The molecule has 0 fully saturated rings. The maximum Gasteiger partial charge on any atom is 0.306 e. The molecule has 1 unspecified atom stereocenters. The number of hydrogen-bond donors (Lipinski definition) is 1. The van der Waals surface area contributed by atoms with Crippen molar-refractivity contribution in [2.45, 2.75) is 26.2 Å². The third-order valence-electron chi connectivity index (χ3n) is 3.67. The lowest BCUT2D eigenvalue weighted by Gasteiger charge is -2.09. The van der Waals surface area contributed by atoms with Crippen molar-refractivity contribution in [3.63, 3.8) is 0 Å². The summed E-state index contributed by atoms with van der Waals surface area (Å²) in [5.74, 6) is -1.01. The minimum absolute atomic E-state index is 0.285. The molecule has 3 heteroatoms. The van der Waals surface area contributed by atoms with E-state index >= 15 is 0 Å². The molecule has 22 heavy (non-hydrogen) atoms. The Balaban J connectivity index is 2.12. The standard InChI is InChI=1S/C19H21NO2/c1-15(19(21)22)8-5-6-12-18(16-9-3-2-4-10-16)17-11-7-13-20-14-17/h2-4,7,9-15H,5-6,8H2,1H3,(H,21,22). The normalized spacial score (nSPS) is 12.9. The van der Waals surface area contributed by atoms with Crippen LogP contribution in [0.4, 0.5) is 0 Å². The summed E-state index contributed by atoms with van der Waals surface area (Å²) < 4.78 is 0. The summed E-state index contributed by atoms with van der Waals surface area (Å²) in [4.78, 5) is 15.0. The third kappa shape index (κ3) is 4.55. The first kappa shape index (κ1) is 16.0.